The Morgan fingerprint density at radius 3 is 2.75 bits per heavy atom. The smallest absolute Gasteiger partial charge is 0.0699 e. The van der Waals surface area contributed by atoms with Crippen molar-refractivity contribution >= 4 is 15.9 Å². The molecule has 3 heteroatoms. The van der Waals surface area contributed by atoms with Crippen LogP contribution >= 0.6 is 15.9 Å². The molecule has 2 atom stereocenters. The maximum Gasteiger partial charge on any atom is 0.0699 e. The van der Waals surface area contributed by atoms with E-state index in [2.05, 4.69) is 53.3 Å². The molecule has 0 aliphatic heterocycles. The zero-order valence-electron chi connectivity index (χ0n) is 10.2. The Balaban J connectivity index is 2.67. The first kappa shape index (κ1) is 13.7. The molecule has 16 heavy (non-hydrogen) atoms. The quantitative estimate of drug-likeness (QED) is 0.868. The van der Waals surface area contributed by atoms with Crippen molar-refractivity contribution in [3.8, 4) is 0 Å². The van der Waals surface area contributed by atoms with Crippen LogP contribution in [0.1, 0.15) is 19.4 Å². The van der Waals surface area contributed by atoms with Crippen molar-refractivity contribution in [2.75, 3.05) is 13.7 Å². The molecule has 0 aliphatic carbocycles. The fourth-order valence-corrected chi connectivity index (χ4v) is 2.20. The van der Waals surface area contributed by atoms with E-state index in [4.69, 9.17) is 4.74 Å². The summed E-state index contributed by atoms with van der Waals surface area (Å²) in [5.41, 5.74) is 1.32. The molecule has 0 aliphatic rings. The van der Waals surface area contributed by atoms with Crippen LogP contribution < -0.4 is 5.32 Å². The molecule has 1 N–H and O–H groups in total. The summed E-state index contributed by atoms with van der Waals surface area (Å²) in [6.45, 7) is 5.19. The summed E-state index contributed by atoms with van der Waals surface area (Å²) in [5, 5.41) is 3.46. The molecule has 0 saturated carbocycles. The fraction of sp³-hybridized carbons (Fsp3) is 0.538. The topological polar surface area (TPSA) is 21.3 Å². The van der Waals surface area contributed by atoms with E-state index in [-0.39, 0.29) is 6.10 Å². The lowest BCUT2D eigenvalue weighted by Crippen LogP contribution is -2.40. The van der Waals surface area contributed by atoms with Gasteiger partial charge in [0.15, 0.2) is 0 Å². The van der Waals surface area contributed by atoms with Crippen LogP contribution in [0.3, 0.4) is 0 Å². The molecule has 0 aromatic heterocycles. The van der Waals surface area contributed by atoms with Gasteiger partial charge >= 0.3 is 0 Å². The molecule has 2 nitrogen and oxygen atoms in total. The number of rotatable bonds is 6. The Morgan fingerprint density at radius 2 is 2.19 bits per heavy atom. The summed E-state index contributed by atoms with van der Waals surface area (Å²) < 4.78 is 6.52. The van der Waals surface area contributed by atoms with Crippen molar-refractivity contribution in [2.24, 2.45) is 0 Å². The van der Waals surface area contributed by atoms with Gasteiger partial charge in [0.25, 0.3) is 0 Å². The third kappa shape index (κ3) is 4.24. The number of methoxy groups -OCH3 is 1. The minimum atomic E-state index is 0.221. The maximum absolute atomic E-state index is 5.39. The van der Waals surface area contributed by atoms with Gasteiger partial charge in [0.2, 0.25) is 0 Å². The highest BCUT2D eigenvalue weighted by Gasteiger charge is 2.15. The molecule has 1 rings (SSSR count). The van der Waals surface area contributed by atoms with E-state index in [9.17, 15) is 0 Å². The molecule has 1 aromatic rings. The van der Waals surface area contributed by atoms with Gasteiger partial charge in [0.05, 0.1) is 6.10 Å². The summed E-state index contributed by atoms with van der Waals surface area (Å²) in [7, 11) is 1.76. The standard InChI is InChI=1S/C13H20BrNO/c1-4-15-13(10(2)16-3)9-11-6-5-7-12(14)8-11/h5-8,10,13,15H,4,9H2,1-3H3. The Labute approximate surface area is 107 Å². The van der Waals surface area contributed by atoms with Crippen molar-refractivity contribution in [3.05, 3.63) is 34.3 Å². The van der Waals surface area contributed by atoms with Crippen molar-refractivity contribution < 1.29 is 4.74 Å². The second kappa shape index (κ2) is 7.05. The predicted octanol–water partition coefficient (Wildman–Crippen LogP) is 3.00. The Hall–Kier alpha value is -0.380. The zero-order chi connectivity index (χ0) is 12.0. The van der Waals surface area contributed by atoms with Crippen molar-refractivity contribution in [2.45, 2.75) is 32.4 Å². The highest BCUT2D eigenvalue weighted by atomic mass is 79.9. The monoisotopic (exact) mass is 285 g/mol. The minimum absolute atomic E-state index is 0.221. The first-order chi connectivity index (χ1) is 7.67. The molecule has 0 spiro atoms. The number of nitrogens with one attached hydrogen (secondary N) is 1. The van der Waals surface area contributed by atoms with E-state index in [0.717, 1.165) is 17.4 Å². The average Bonchev–Trinajstić information content (AvgIpc) is 2.27. The second-order valence-electron chi connectivity index (χ2n) is 3.94. The fourth-order valence-electron chi connectivity index (χ4n) is 1.75. The lowest BCUT2D eigenvalue weighted by atomic mass is 10.0. The summed E-state index contributed by atoms with van der Waals surface area (Å²) in [4.78, 5) is 0. The Kier molecular flexibility index (Phi) is 6.03. The van der Waals surface area contributed by atoms with E-state index in [0.29, 0.717) is 6.04 Å². The van der Waals surface area contributed by atoms with Crippen LogP contribution in [0.4, 0.5) is 0 Å². The number of likely N-dealkylation sites (N-methyl/N-ethyl adjacent to an activating group) is 1. The second-order valence-corrected chi connectivity index (χ2v) is 4.85. The van der Waals surface area contributed by atoms with Crippen LogP contribution in [-0.2, 0) is 11.2 Å². The van der Waals surface area contributed by atoms with Crippen molar-refractivity contribution in [3.63, 3.8) is 0 Å². The van der Waals surface area contributed by atoms with Gasteiger partial charge in [0.1, 0.15) is 0 Å². The van der Waals surface area contributed by atoms with Crippen molar-refractivity contribution in [1.29, 1.82) is 0 Å². The van der Waals surface area contributed by atoms with Crippen LogP contribution in [0, 0.1) is 0 Å². The largest absolute Gasteiger partial charge is 0.380 e. The first-order valence-corrected chi connectivity index (χ1v) is 6.47. The van der Waals surface area contributed by atoms with E-state index in [1.165, 1.54) is 5.56 Å². The summed E-state index contributed by atoms with van der Waals surface area (Å²) in [5.74, 6) is 0. The lowest BCUT2D eigenvalue weighted by Gasteiger charge is -2.23. The van der Waals surface area contributed by atoms with Crippen LogP contribution in [0.5, 0.6) is 0 Å². The van der Waals surface area contributed by atoms with E-state index < -0.39 is 0 Å². The lowest BCUT2D eigenvalue weighted by molar-refractivity contribution is 0.0836. The van der Waals surface area contributed by atoms with Gasteiger partial charge in [-0.1, -0.05) is 35.0 Å². The van der Waals surface area contributed by atoms with Gasteiger partial charge < -0.3 is 10.1 Å². The highest BCUT2D eigenvalue weighted by molar-refractivity contribution is 9.10. The van der Waals surface area contributed by atoms with E-state index >= 15 is 0 Å². The normalized spacial score (nSPS) is 14.8. The number of ether oxygens (including phenoxy) is 1. The number of hydrogen-bond donors (Lipinski definition) is 1. The molecule has 0 saturated heterocycles. The maximum atomic E-state index is 5.39. The number of benzene rings is 1. The van der Waals surface area contributed by atoms with Crippen LogP contribution in [0.25, 0.3) is 0 Å². The Bertz CT molecular complexity index is 317. The molecular formula is C13H20BrNO. The van der Waals surface area contributed by atoms with E-state index in [1.54, 1.807) is 7.11 Å². The first-order valence-electron chi connectivity index (χ1n) is 5.68. The molecule has 0 fully saturated rings. The molecule has 0 heterocycles. The molecule has 0 amide bonds. The average molecular weight is 286 g/mol. The van der Waals surface area contributed by atoms with Gasteiger partial charge in [-0.3, -0.25) is 0 Å². The van der Waals surface area contributed by atoms with Crippen LogP contribution in [0.15, 0.2) is 28.7 Å². The van der Waals surface area contributed by atoms with Gasteiger partial charge in [0, 0.05) is 17.6 Å². The summed E-state index contributed by atoms with van der Waals surface area (Å²) in [6, 6.07) is 8.79. The van der Waals surface area contributed by atoms with Gasteiger partial charge in [-0.2, -0.15) is 0 Å². The third-order valence-electron chi connectivity index (χ3n) is 2.75. The zero-order valence-corrected chi connectivity index (χ0v) is 11.8. The molecule has 90 valence electrons. The summed E-state index contributed by atoms with van der Waals surface area (Å²) >= 11 is 3.49. The van der Waals surface area contributed by atoms with Gasteiger partial charge in [-0.15, -0.1) is 0 Å². The molecule has 0 radical (unpaired) electrons. The van der Waals surface area contributed by atoms with E-state index in [1.807, 2.05) is 6.07 Å². The molecule has 0 bridgehead atoms. The van der Waals surface area contributed by atoms with Crippen LogP contribution in [0.2, 0.25) is 0 Å². The number of hydrogen-bond acceptors (Lipinski definition) is 2. The summed E-state index contributed by atoms with van der Waals surface area (Å²) in [6.07, 6.45) is 1.21. The van der Waals surface area contributed by atoms with Crippen molar-refractivity contribution in [1.82, 2.24) is 5.32 Å². The van der Waals surface area contributed by atoms with Gasteiger partial charge in [-0.25, -0.2) is 0 Å². The predicted molar refractivity (Wildman–Crippen MR) is 71.8 cm³/mol. The highest BCUT2D eigenvalue weighted by Crippen LogP contribution is 2.14. The van der Waals surface area contributed by atoms with Crippen LogP contribution in [-0.4, -0.2) is 25.8 Å². The number of halogens is 1. The van der Waals surface area contributed by atoms with Gasteiger partial charge in [-0.05, 0) is 37.6 Å². The molecule has 1 aromatic carbocycles. The SMILES string of the molecule is CCNC(Cc1cccc(Br)c1)C(C)OC. The molecular weight excluding hydrogens is 266 g/mol. The minimum Gasteiger partial charge on any atom is -0.380 e. The molecule has 2 unspecified atom stereocenters. The Morgan fingerprint density at radius 1 is 1.44 bits per heavy atom. The third-order valence-corrected chi connectivity index (χ3v) is 3.24.